The molecule has 0 bridgehead atoms. The zero-order valence-electron chi connectivity index (χ0n) is 12.5. The van der Waals surface area contributed by atoms with E-state index in [4.69, 9.17) is 14.6 Å². The van der Waals surface area contributed by atoms with Crippen LogP contribution in [0.4, 0.5) is 0 Å². The maximum Gasteiger partial charge on any atom is 0.340 e. The van der Waals surface area contributed by atoms with Gasteiger partial charge in [-0.1, -0.05) is 27.7 Å². The van der Waals surface area contributed by atoms with E-state index in [1.54, 1.807) is 0 Å². The number of nitrogens with two attached hydrogens (primary N) is 1. The van der Waals surface area contributed by atoms with Gasteiger partial charge in [0, 0.05) is 13.2 Å². The van der Waals surface area contributed by atoms with Crippen molar-refractivity contribution < 1.29 is 8.85 Å². The van der Waals surface area contributed by atoms with E-state index < -0.39 is 8.56 Å². The van der Waals surface area contributed by atoms with Gasteiger partial charge in [0.1, 0.15) is 0 Å². The standard InChI is InChI=1S/C13H31NO2Si/c1-7-15-17(12(3)4,16-8-2)10-9-13(5,6)11-14/h12H,7-11,14H2,1-6H3. The molecule has 0 fully saturated rings. The van der Waals surface area contributed by atoms with Crippen molar-refractivity contribution in [3.05, 3.63) is 0 Å². The normalized spacial score (nSPS) is 13.4. The zero-order valence-corrected chi connectivity index (χ0v) is 13.5. The Hall–Kier alpha value is 0.0969. The van der Waals surface area contributed by atoms with Crippen LogP contribution in [-0.2, 0) is 8.85 Å². The van der Waals surface area contributed by atoms with Gasteiger partial charge in [-0.05, 0) is 43.8 Å². The molecule has 0 rings (SSSR count). The molecule has 2 N–H and O–H groups in total. The summed E-state index contributed by atoms with van der Waals surface area (Å²) < 4.78 is 12.1. The van der Waals surface area contributed by atoms with Crippen LogP contribution in [0.5, 0.6) is 0 Å². The van der Waals surface area contributed by atoms with Gasteiger partial charge in [0.05, 0.1) is 0 Å². The summed E-state index contributed by atoms with van der Waals surface area (Å²) in [6.45, 7) is 15.2. The zero-order chi connectivity index (χ0) is 13.5. The predicted molar refractivity (Wildman–Crippen MR) is 76.4 cm³/mol. The average molecular weight is 261 g/mol. The maximum absolute atomic E-state index is 6.05. The molecule has 3 nitrogen and oxygen atoms in total. The molecule has 0 radical (unpaired) electrons. The van der Waals surface area contributed by atoms with Crippen LogP contribution in [0.2, 0.25) is 11.6 Å². The van der Waals surface area contributed by atoms with Crippen molar-refractivity contribution in [2.24, 2.45) is 11.1 Å². The summed E-state index contributed by atoms with van der Waals surface area (Å²) >= 11 is 0. The lowest BCUT2D eigenvalue weighted by molar-refractivity contribution is 0.169. The van der Waals surface area contributed by atoms with Crippen molar-refractivity contribution in [1.29, 1.82) is 0 Å². The molecule has 0 atom stereocenters. The molecule has 0 aromatic carbocycles. The number of hydrogen-bond acceptors (Lipinski definition) is 3. The summed E-state index contributed by atoms with van der Waals surface area (Å²) in [7, 11) is -2.05. The van der Waals surface area contributed by atoms with Crippen LogP contribution in [0, 0.1) is 5.41 Å². The van der Waals surface area contributed by atoms with Crippen molar-refractivity contribution in [3.8, 4) is 0 Å². The average Bonchev–Trinajstić information content (AvgIpc) is 2.26. The van der Waals surface area contributed by atoms with E-state index in [0.717, 1.165) is 25.7 Å². The van der Waals surface area contributed by atoms with E-state index in [1.807, 2.05) is 0 Å². The summed E-state index contributed by atoms with van der Waals surface area (Å²) in [5.74, 6) is 0. The summed E-state index contributed by atoms with van der Waals surface area (Å²) in [5.41, 5.74) is 6.46. The first-order valence-electron chi connectivity index (χ1n) is 6.81. The lowest BCUT2D eigenvalue weighted by Gasteiger charge is -2.36. The fourth-order valence-corrected chi connectivity index (χ4v) is 5.53. The van der Waals surface area contributed by atoms with Gasteiger partial charge < -0.3 is 14.6 Å². The molecule has 0 saturated carbocycles. The molecule has 0 unspecified atom stereocenters. The summed E-state index contributed by atoms with van der Waals surface area (Å²) in [5, 5.41) is 0. The van der Waals surface area contributed by atoms with Crippen LogP contribution in [0.3, 0.4) is 0 Å². The Bertz CT molecular complexity index is 202. The van der Waals surface area contributed by atoms with E-state index in [2.05, 4.69) is 41.5 Å². The first-order valence-corrected chi connectivity index (χ1v) is 8.91. The van der Waals surface area contributed by atoms with Gasteiger partial charge in [-0.3, -0.25) is 0 Å². The quantitative estimate of drug-likeness (QED) is 0.648. The van der Waals surface area contributed by atoms with Crippen molar-refractivity contribution in [2.75, 3.05) is 19.8 Å². The molecule has 0 spiro atoms. The Balaban J connectivity index is 4.66. The highest BCUT2D eigenvalue weighted by Crippen LogP contribution is 2.33. The lowest BCUT2D eigenvalue weighted by atomic mass is 9.91. The third-order valence-electron chi connectivity index (χ3n) is 3.36. The minimum Gasteiger partial charge on any atom is -0.394 e. The first kappa shape index (κ1) is 17.1. The van der Waals surface area contributed by atoms with Crippen LogP contribution in [-0.4, -0.2) is 28.3 Å². The Morgan fingerprint density at radius 3 is 1.88 bits per heavy atom. The second kappa shape index (κ2) is 7.51. The molecule has 0 aromatic heterocycles. The molecule has 0 aromatic rings. The minimum atomic E-state index is -2.05. The van der Waals surface area contributed by atoms with Crippen LogP contribution < -0.4 is 5.73 Å². The van der Waals surface area contributed by atoms with Gasteiger partial charge in [-0.2, -0.15) is 0 Å². The Labute approximate surface area is 108 Å². The summed E-state index contributed by atoms with van der Waals surface area (Å²) in [4.78, 5) is 0. The van der Waals surface area contributed by atoms with Crippen LogP contribution in [0.25, 0.3) is 0 Å². The highest BCUT2D eigenvalue weighted by atomic mass is 28.4. The molecular formula is C13H31NO2Si. The van der Waals surface area contributed by atoms with Crippen molar-refractivity contribution in [2.45, 2.75) is 59.5 Å². The van der Waals surface area contributed by atoms with Gasteiger partial charge in [0.2, 0.25) is 0 Å². The third-order valence-corrected chi connectivity index (χ3v) is 7.62. The topological polar surface area (TPSA) is 44.5 Å². The molecule has 0 aliphatic heterocycles. The van der Waals surface area contributed by atoms with Gasteiger partial charge in [0.15, 0.2) is 0 Å². The largest absolute Gasteiger partial charge is 0.394 e. The molecule has 0 saturated heterocycles. The monoisotopic (exact) mass is 261 g/mol. The lowest BCUT2D eigenvalue weighted by Crippen LogP contribution is -2.46. The van der Waals surface area contributed by atoms with E-state index in [1.165, 1.54) is 0 Å². The Morgan fingerprint density at radius 2 is 1.59 bits per heavy atom. The van der Waals surface area contributed by atoms with E-state index in [-0.39, 0.29) is 5.41 Å². The Kier molecular flexibility index (Phi) is 7.56. The summed E-state index contributed by atoms with van der Waals surface area (Å²) in [6, 6.07) is 1.04. The number of hydrogen-bond donors (Lipinski definition) is 1. The molecular weight excluding hydrogens is 230 g/mol. The summed E-state index contributed by atoms with van der Waals surface area (Å²) in [6.07, 6.45) is 1.08. The molecule has 0 heterocycles. The van der Waals surface area contributed by atoms with Gasteiger partial charge in [-0.25, -0.2) is 0 Å². The van der Waals surface area contributed by atoms with Crippen molar-refractivity contribution >= 4 is 8.56 Å². The molecule has 4 heteroatoms. The predicted octanol–water partition coefficient (Wildman–Crippen LogP) is 3.29. The van der Waals surface area contributed by atoms with E-state index in [0.29, 0.717) is 12.1 Å². The minimum absolute atomic E-state index is 0.182. The van der Waals surface area contributed by atoms with E-state index >= 15 is 0 Å². The molecule has 0 aliphatic rings. The molecule has 0 aliphatic carbocycles. The van der Waals surface area contributed by atoms with Crippen LogP contribution >= 0.6 is 0 Å². The maximum atomic E-state index is 6.05. The Morgan fingerprint density at radius 1 is 1.12 bits per heavy atom. The van der Waals surface area contributed by atoms with Crippen molar-refractivity contribution in [1.82, 2.24) is 0 Å². The van der Waals surface area contributed by atoms with Gasteiger partial charge in [-0.15, -0.1) is 0 Å². The second-order valence-electron chi connectivity index (χ2n) is 5.70. The molecule has 17 heavy (non-hydrogen) atoms. The van der Waals surface area contributed by atoms with Crippen molar-refractivity contribution in [3.63, 3.8) is 0 Å². The SMILES string of the molecule is CCO[Si](CCC(C)(C)CN)(OCC)C(C)C. The van der Waals surface area contributed by atoms with Gasteiger partial charge >= 0.3 is 8.56 Å². The third kappa shape index (κ3) is 5.51. The fourth-order valence-electron chi connectivity index (χ4n) is 1.91. The number of rotatable bonds is 9. The second-order valence-corrected chi connectivity index (χ2v) is 9.56. The van der Waals surface area contributed by atoms with Gasteiger partial charge in [0.25, 0.3) is 0 Å². The van der Waals surface area contributed by atoms with E-state index in [9.17, 15) is 0 Å². The highest BCUT2D eigenvalue weighted by Gasteiger charge is 2.41. The molecule has 0 amide bonds. The highest BCUT2D eigenvalue weighted by molar-refractivity contribution is 6.68. The van der Waals surface area contributed by atoms with Crippen LogP contribution in [0.1, 0.15) is 48.0 Å². The smallest absolute Gasteiger partial charge is 0.340 e. The first-order chi connectivity index (χ1) is 7.83. The molecule has 104 valence electrons. The fraction of sp³-hybridized carbons (Fsp3) is 1.00. The van der Waals surface area contributed by atoms with Crippen LogP contribution in [0.15, 0.2) is 0 Å².